The highest BCUT2D eigenvalue weighted by Gasteiger charge is 2.29. The first-order chi connectivity index (χ1) is 6.79. The number of nitrogens with two attached hydrogens (primary N) is 1. The predicted molar refractivity (Wildman–Crippen MR) is 53.2 cm³/mol. The summed E-state index contributed by atoms with van der Waals surface area (Å²) in [5.41, 5.74) is 6.30. The number of aryl methyl sites for hydroxylation is 1. The Bertz CT molecular complexity index is 333. The minimum absolute atomic E-state index is 0.183. The second-order valence-corrected chi connectivity index (χ2v) is 4.36. The van der Waals surface area contributed by atoms with Crippen molar-refractivity contribution in [1.29, 1.82) is 0 Å². The van der Waals surface area contributed by atoms with Gasteiger partial charge in [-0.25, -0.2) is 0 Å². The van der Waals surface area contributed by atoms with Gasteiger partial charge in [0, 0.05) is 16.5 Å². The lowest BCUT2D eigenvalue weighted by Gasteiger charge is -2.07. The molecule has 2 nitrogen and oxygen atoms in total. The summed E-state index contributed by atoms with van der Waals surface area (Å²) in [4.78, 5) is 0.824. The molecular weight excluding hydrogens is 227 g/mol. The van der Waals surface area contributed by atoms with Gasteiger partial charge < -0.3 is 10.5 Å². The highest BCUT2D eigenvalue weighted by atomic mass is 32.1. The van der Waals surface area contributed by atoms with Crippen molar-refractivity contribution in [2.75, 3.05) is 6.61 Å². The average molecular weight is 239 g/mol. The maximum Gasteiger partial charge on any atom is 0.422 e. The first-order valence-electron chi connectivity index (χ1n) is 4.35. The molecular formula is C9H12F3NOS. The summed E-state index contributed by atoms with van der Waals surface area (Å²) in [6.07, 6.45) is -4.30. The zero-order chi connectivity index (χ0) is 11.6. The van der Waals surface area contributed by atoms with Crippen molar-refractivity contribution >= 4 is 11.3 Å². The lowest BCUT2D eigenvalue weighted by molar-refractivity contribution is -0.153. The van der Waals surface area contributed by atoms with E-state index in [2.05, 4.69) is 4.74 Å². The molecule has 1 atom stereocenters. The van der Waals surface area contributed by atoms with E-state index in [4.69, 9.17) is 5.73 Å². The van der Waals surface area contributed by atoms with Crippen LogP contribution in [-0.4, -0.2) is 12.8 Å². The van der Waals surface area contributed by atoms with Crippen molar-refractivity contribution in [3.63, 3.8) is 0 Å². The van der Waals surface area contributed by atoms with E-state index < -0.39 is 12.8 Å². The van der Waals surface area contributed by atoms with Gasteiger partial charge in [0.1, 0.15) is 0 Å². The van der Waals surface area contributed by atoms with Crippen LogP contribution in [0.3, 0.4) is 0 Å². The summed E-state index contributed by atoms with van der Waals surface area (Å²) in [6, 6.07) is 1.57. The van der Waals surface area contributed by atoms with Gasteiger partial charge in [-0.05, 0) is 19.9 Å². The third kappa shape index (κ3) is 3.71. The molecule has 86 valence electrons. The molecule has 0 amide bonds. The van der Waals surface area contributed by atoms with E-state index in [9.17, 15) is 13.2 Å². The van der Waals surface area contributed by atoms with Crippen molar-refractivity contribution in [2.24, 2.45) is 5.73 Å². The van der Waals surface area contributed by atoms with Gasteiger partial charge in [0.15, 0.2) is 11.7 Å². The number of thiophene rings is 1. The summed E-state index contributed by atoms with van der Waals surface area (Å²) < 4.78 is 40.3. The normalized spacial score (nSPS) is 14.0. The summed E-state index contributed by atoms with van der Waals surface area (Å²) in [7, 11) is 0. The molecule has 2 N–H and O–H groups in total. The number of ether oxygens (including phenoxy) is 1. The molecule has 1 rings (SSSR count). The molecule has 0 aliphatic rings. The molecule has 0 saturated carbocycles. The Morgan fingerprint density at radius 1 is 1.53 bits per heavy atom. The van der Waals surface area contributed by atoms with Crippen molar-refractivity contribution in [3.8, 4) is 5.06 Å². The van der Waals surface area contributed by atoms with Crippen LogP contribution in [0.15, 0.2) is 6.07 Å². The van der Waals surface area contributed by atoms with Crippen LogP contribution in [0.2, 0.25) is 0 Å². The molecule has 0 spiro atoms. The van der Waals surface area contributed by atoms with E-state index in [1.54, 1.807) is 19.9 Å². The van der Waals surface area contributed by atoms with Gasteiger partial charge in [0.05, 0.1) is 0 Å². The Morgan fingerprint density at radius 2 is 2.13 bits per heavy atom. The fourth-order valence-corrected chi connectivity index (χ4v) is 1.98. The highest BCUT2D eigenvalue weighted by molar-refractivity contribution is 7.14. The number of rotatable bonds is 3. The number of hydrogen-bond donors (Lipinski definition) is 1. The molecule has 0 radical (unpaired) electrons. The molecule has 0 aromatic carbocycles. The monoisotopic (exact) mass is 239 g/mol. The number of hydrogen-bond acceptors (Lipinski definition) is 3. The van der Waals surface area contributed by atoms with Crippen LogP contribution in [0.25, 0.3) is 0 Å². The molecule has 15 heavy (non-hydrogen) atoms. The van der Waals surface area contributed by atoms with Crippen LogP contribution in [0.4, 0.5) is 13.2 Å². The summed E-state index contributed by atoms with van der Waals surface area (Å²) in [5, 5.41) is 0.291. The van der Waals surface area contributed by atoms with Crippen molar-refractivity contribution < 1.29 is 17.9 Å². The molecule has 1 unspecified atom stereocenters. The van der Waals surface area contributed by atoms with Gasteiger partial charge in [0.25, 0.3) is 0 Å². The van der Waals surface area contributed by atoms with Crippen LogP contribution in [0.1, 0.15) is 23.4 Å². The Hall–Kier alpha value is -0.750. The zero-order valence-electron chi connectivity index (χ0n) is 8.39. The Kier molecular flexibility index (Phi) is 3.62. The minimum Gasteiger partial charge on any atom is -0.474 e. The molecule has 1 aromatic rings. The van der Waals surface area contributed by atoms with Crippen LogP contribution in [0.5, 0.6) is 5.06 Å². The number of alkyl halides is 3. The van der Waals surface area contributed by atoms with Gasteiger partial charge >= 0.3 is 6.18 Å². The number of halogens is 3. The van der Waals surface area contributed by atoms with Crippen LogP contribution in [0, 0.1) is 6.92 Å². The molecule has 0 fully saturated rings. The van der Waals surface area contributed by atoms with Gasteiger partial charge in [-0.2, -0.15) is 13.2 Å². The van der Waals surface area contributed by atoms with Crippen molar-refractivity contribution in [1.82, 2.24) is 0 Å². The van der Waals surface area contributed by atoms with Crippen molar-refractivity contribution in [2.45, 2.75) is 26.1 Å². The lowest BCUT2D eigenvalue weighted by Crippen LogP contribution is -2.19. The van der Waals surface area contributed by atoms with Gasteiger partial charge in [-0.15, -0.1) is 11.3 Å². The molecule has 1 aromatic heterocycles. The second kappa shape index (κ2) is 4.40. The van der Waals surface area contributed by atoms with E-state index in [-0.39, 0.29) is 6.04 Å². The van der Waals surface area contributed by atoms with Crippen molar-refractivity contribution in [3.05, 3.63) is 16.5 Å². The van der Waals surface area contributed by atoms with E-state index in [1.165, 1.54) is 0 Å². The first kappa shape index (κ1) is 12.3. The highest BCUT2D eigenvalue weighted by Crippen LogP contribution is 2.33. The quantitative estimate of drug-likeness (QED) is 0.880. The molecule has 1 heterocycles. The standard InChI is InChI=1S/C9H12F3NOS/c1-5-3-7(6(2)13)15-8(5)14-4-9(10,11)12/h3,6H,4,13H2,1-2H3. The van der Waals surface area contributed by atoms with Gasteiger partial charge in [-0.1, -0.05) is 0 Å². The zero-order valence-corrected chi connectivity index (χ0v) is 9.21. The van der Waals surface area contributed by atoms with E-state index in [0.717, 1.165) is 16.2 Å². The maximum absolute atomic E-state index is 11.9. The van der Waals surface area contributed by atoms with Gasteiger partial charge in [-0.3, -0.25) is 0 Å². The van der Waals surface area contributed by atoms with Crippen LogP contribution in [-0.2, 0) is 0 Å². The smallest absolute Gasteiger partial charge is 0.422 e. The third-order valence-corrected chi connectivity index (χ3v) is 3.06. The molecule has 0 aliphatic heterocycles. The molecule has 0 saturated heterocycles. The summed E-state index contributed by atoms with van der Waals surface area (Å²) >= 11 is 1.16. The summed E-state index contributed by atoms with van der Waals surface area (Å²) in [5.74, 6) is 0. The van der Waals surface area contributed by atoms with Gasteiger partial charge in [0.2, 0.25) is 0 Å². The lowest BCUT2D eigenvalue weighted by atomic mass is 10.2. The first-order valence-corrected chi connectivity index (χ1v) is 5.16. The SMILES string of the molecule is Cc1cc(C(C)N)sc1OCC(F)(F)F. The Balaban J connectivity index is 2.69. The largest absolute Gasteiger partial charge is 0.474 e. The van der Waals surface area contributed by atoms with Crippen LogP contribution < -0.4 is 10.5 Å². The summed E-state index contributed by atoms with van der Waals surface area (Å²) in [6.45, 7) is 2.22. The topological polar surface area (TPSA) is 35.2 Å². The second-order valence-electron chi connectivity index (χ2n) is 3.31. The molecule has 0 aliphatic carbocycles. The average Bonchev–Trinajstić information content (AvgIpc) is 2.42. The third-order valence-electron chi connectivity index (χ3n) is 1.71. The maximum atomic E-state index is 11.9. The van der Waals surface area contributed by atoms with E-state index >= 15 is 0 Å². The Labute approximate surface area is 89.8 Å². The fourth-order valence-electron chi connectivity index (χ4n) is 1.00. The van der Waals surface area contributed by atoms with Crippen LogP contribution >= 0.6 is 11.3 Å². The van der Waals surface area contributed by atoms with E-state index in [1.807, 2.05) is 0 Å². The molecule has 6 heteroatoms. The van der Waals surface area contributed by atoms with E-state index in [0.29, 0.717) is 10.6 Å². The Morgan fingerprint density at radius 3 is 2.53 bits per heavy atom. The predicted octanol–water partition coefficient (Wildman–Crippen LogP) is 3.02. The minimum atomic E-state index is -4.30. The molecule has 0 bridgehead atoms. The fraction of sp³-hybridized carbons (Fsp3) is 0.556.